The van der Waals surface area contributed by atoms with Crippen molar-refractivity contribution in [1.82, 2.24) is 5.32 Å². The van der Waals surface area contributed by atoms with Gasteiger partial charge in [0.1, 0.15) is 0 Å². The first-order chi connectivity index (χ1) is 9.61. The van der Waals surface area contributed by atoms with E-state index in [-0.39, 0.29) is 0 Å². The SMILES string of the molecule is CCNC1CCCC1CCS(=O)c1ccc(Cl)c(Cl)c1. The highest BCUT2D eigenvalue weighted by atomic mass is 35.5. The minimum Gasteiger partial charge on any atom is -0.314 e. The molecule has 0 heterocycles. The van der Waals surface area contributed by atoms with Crippen molar-refractivity contribution in [1.29, 1.82) is 0 Å². The molecule has 0 bridgehead atoms. The molecule has 0 amide bonds. The molecule has 112 valence electrons. The van der Waals surface area contributed by atoms with Crippen molar-refractivity contribution in [3.8, 4) is 0 Å². The van der Waals surface area contributed by atoms with Gasteiger partial charge in [0, 0.05) is 16.7 Å². The zero-order valence-corrected chi connectivity index (χ0v) is 14.0. The Morgan fingerprint density at radius 1 is 1.30 bits per heavy atom. The predicted molar refractivity (Wildman–Crippen MR) is 87.2 cm³/mol. The van der Waals surface area contributed by atoms with Gasteiger partial charge < -0.3 is 5.32 Å². The molecule has 1 aliphatic rings. The third-order valence-electron chi connectivity index (χ3n) is 3.95. The van der Waals surface area contributed by atoms with Crippen LogP contribution in [0.5, 0.6) is 0 Å². The van der Waals surface area contributed by atoms with Crippen molar-refractivity contribution in [3.63, 3.8) is 0 Å². The molecule has 1 saturated carbocycles. The lowest BCUT2D eigenvalue weighted by atomic mass is 10.0. The highest BCUT2D eigenvalue weighted by molar-refractivity contribution is 7.85. The van der Waals surface area contributed by atoms with Crippen LogP contribution in [0.4, 0.5) is 0 Å². The summed E-state index contributed by atoms with van der Waals surface area (Å²) in [6, 6.07) is 5.84. The summed E-state index contributed by atoms with van der Waals surface area (Å²) in [5.74, 6) is 1.35. The van der Waals surface area contributed by atoms with E-state index in [1.807, 2.05) is 0 Å². The first kappa shape index (κ1) is 16.3. The fourth-order valence-corrected chi connectivity index (χ4v) is 4.49. The number of hydrogen-bond acceptors (Lipinski definition) is 2. The van der Waals surface area contributed by atoms with Gasteiger partial charge in [0.25, 0.3) is 0 Å². The summed E-state index contributed by atoms with van der Waals surface area (Å²) in [5.41, 5.74) is 0. The second kappa shape index (κ2) is 7.79. The molecule has 2 rings (SSSR count). The van der Waals surface area contributed by atoms with Gasteiger partial charge in [0.15, 0.2) is 0 Å². The second-order valence-corrected chi connectivity index (χ2v) is 7.65. The molecule has 2 nitrogen and oxygen atoms in total. The quantitative estimate of drug-likeness (QED) is 0.842. The molecule has 20 heavy (non-hydrogen) atoms. The van der Waals surface area contributed by atoms with E-state index < -0.39 is 10.8 Å². The van der Waals surface area contributed by atoms with E-state index in [9.17, 15) is 4.21 Å². The summed E-state index contributed by atoms with van der Waals surface area (Å²) in [7, 11) is -0.988. The van der Waals surface area contributed by atoms with Gasteiger partial charge in [-0.2, -0.15) is 0 Å². The Bertz CT molecular complexity index is 481. The van der Waals surface area contributed by atoms with Crippen LogP contribution in [0.25, 0.3) is 0 Å². The van der Waals surface area contributed by atoms with Crippen LogP contribution in [0, 0.1) is 5.92 Å². The molecule has 5 heteroatoms. The standard InChI is InChI=1S/C15H21Cl2NOS/c1-2-18-15-5-3-4-11(15)8-9-20(19)12-6-7-13(16)14(17)10-12/h6-7,10-11,15,18H,2-5,8-9H2,1H3. The zero-order chi connectivity index (χ0) is 14.5. The molecule has 0 saturated heterocycles. The van der Waals surface area contributed by atoms with E-state index in [1.165, 1.54) is 19.3 Å². The summed E-state index contributed by atoms with van der Waals surface area (Å²) in [5, 5.41) is 4.52. The monoisotopic (exact) mass is 333 g/mol. The molecule has 0 aliphatic heterocycles. The Kier molecular flexibility index (Phi) is 6.34. The third-order valence-corrected chi connectivity index (χ3v) is 6.08. The van der Waals surface area contributed by atoms with Crippen LogP contribution in [-0.2, 0) is 10.8 Å². The molecule has 0 radical (unpaired) electrons. The van der Waals surface area contributed by atoms with Crippen molar-refractivity contribution in [2.75, 3.05) is 12.3 Å². The van der Waals surface area contributed by atoms with Crippen molar-refractivity contribution >= 4 is 34.0 Å². The Labute approximate surface area is 133 Å². The fourth-order valence-electron chi connectivity index (χ4n) is 2.91. The molecule has 1 fully saturated rings. The molecule has 1 N–H and O–H groups in total. The van der Waals surface area contributed by atoms with Gasteiger partial charge in [-0.1, -0.05) is 36.5 Å². The Morgan fingerprint density at radius 3 is 2.80 bits per heavy atom. The van der Waals surface area contributed by atoms with Crippen LogP contribution < -0.4 is 5.32 Å². The predicted octanol–water partition coefficient (Wildman–Crippen LogP) is 4.27. The lowest BCUT2D eigenvalue weighted by molar-refractivity contribution is 0.399. The van der Waals surface area contributed by atoms with E-state index in [1.54, 1.807) is 18.2 Å². The Hall–Kier alpha value is -0.0900. The maximum absolute atomic E-state index is 12.3. The van der Waals surface area contributed by atoms with Crippen LogP contribution in [-0.4, -0.2) is 22.5 Å². The third kappa shape index (κ3) is 4.20. The molecule has 1 aromatic carbocycles. The molecular weight excluding hydrogens is 313 g/mol. The number of halogens is 2. The minimum atomic E-state index is -0.988. The second-order valence-electron chi connectivity index (χ2n) is 5.27. The van der Waals surface area contributed by atoms with Crippen LogP contribution in [0.1, 0.15) is 32.6 Å². The van der Waals surface area contributed by atoms with Gasteiger partial charge in [0.2, 0.25) is 0 Å². The fraction of sp³-hybridized carbons (Fsp3) is 0.600. The van der Waals surface area contributed by atoms with Crippen LogP contribution in [0.15, 0.2) is 23.1 Å². The normalized spacial score (nSPS) is 23.9. The maximum atomic E-state index is 12.3. The largest absolute Gasteiger partial charge is 0.314 e. The topological polar surface area (TPSA) is 29.1 Å². The first-order valence-electron chi connectivity index (χ1n) is 7.18. The zero-order valence-electron chi connectivity index (χ0n) is 11.7. The van der Waals surface area contributed by atoms with Gasteiger partial charge >= 0.3 is 0 Å². The number of hydrogen-bond donors (Lipinski definition) is 1. The van der Waals surface area contributed by atoms with Gasteiger partial charge in [-0.3, -0.25) is 4.21 Å². The molecule has 3 atom stereocenters. The average molecular weight is 334 g/mol. The van der Waals surface area contributed by atoms with Crippen LogP contribution in [0.3, 0.4) is 0 Å². The smallest absolute Gasteiger partial charge is 0.0604 e. The van der Waals surface area contributed by atoms with E-state index in [0.29, 0.717) is 27.8 Å². The van der Waals surface area contributed by atoms with Crippen molar-refractivity contribution in [3.05, 3.63) is 28.2 Å². The highest BCUT2D eigenvalue weighted by Gasteiger charge is 2.26. The molecule has 3 unspecified atom stereocenters. The van der Waals surface area contributed by atoms with Gasteiger partial charge in [-0.15, -0.1) is 0 Å². The number of benzene rings is 1. The lowest BCUT2D eigenvalue weighted by Crippen LogP contribution is -2.32. The molecule has 0 spiro atoms. The van der Waals surface area contributed by atoms with Crippen molar-refractivity contribution in [2.24, 2.45) is 5.92 Å². The highest BCUT2D eigenvalue weighted by Crippen LogP contribution is 2.30. The van der Waals surface area contributed by atoms with Gasteiger partial charge in [0.05, 0.1) is 20.8 Å². The van der Waals surface area contributed by atoms with Crippen LogP contribution >= 0.6 is 23.2 Å². The van der Waals surface area contributed by atoms with E-state index in [4.69, 9.17) is 23.2 Å². The summed E-state index contributed by atoms with van der Waals surface area (Å²) in [6.07, 6.45) is 4.78. The minimum absolute atomic E-state index is 0.476. The summed E-state index contributed by atoms with van der Waals surface area (Å²) in [4.78, 5) is 0.775. The van der Waals surface area contributed by atoms with E-state index >= 15 is 0 Å². The Balaban J connectivity index is 1.90. The van der Waals surface area contributed by atoms with E-state index in [2.05, 4.69) is 12.2 Å². The van der Waals surface area contributed by atoms with Crippen molar-refractivity contribution in [2.45, 2.75) is 43.5 Å². The van der Waals surface area contributed by atoms with Gasteiger partial charge in [-0.25, -0.2) is 0 Å². The first-order valence-corrected chi connectivity index (χ1v) is 9.26. The average Bonchev–Trinajstić information content (AvgIpc) is 2.87. The summed E-state index contributed by atoms with van der Waals surface area (Å²) in [6.45, 7) is 3.15. The molecule has 1 aliphatic carbocycles. The van der Waals surface area contributed by atoms with Gasteiger partial charge in [-0.05, 0) is 49.9 Å². The maximum Gasteiger partial charge on any atom is 0.0604 e. The molecule has 0 aromatic heterocycles. The van der Waals surface area contributed by atoms with Crippen LogP contribution in [0.2, 0.25) is 10.0 Å². The molecular formula is C15H21Cl2NOS. The lowest BCUT2D eigenvalue weighted by Gasteiger charge is -2.20. The Morgan fingerprint density at radius 2 is 2.10 bits per heavy atom. The molecule has 1 aromatic rings. The number of nitrogens with one attached hydrogen (secondary N) is 1. The summed E-state index contributed by atoms with van der Waals surface area (Å²) < 4.78 is 12.3. The summed E-state index contributed by atoms with van der Waals surface area (Å²) >= 11 is 11.9. The number of rotatable bonds is 6. The van der Waals surface area contributed by atoms with Crippen molar-refractivity contribution < 1.29 is 4.21 Å². The van der Waals surface area contributed by atoms with E-state index in [0.717, 1.165) is 17.9 Å².